The summed E-state index contributed by atoms with van der Waals surface area (Å²) in [6.45, 7) is 0.961. The Kier molecular flexibility index (Phi) is 11.7. The van der Waals surface area contributed by atoms with Crippen LogP contribution in [0.1, 0.15) is 83.2 Å². The molecule has 0 fully saturated rings. The maximum absolute atomic E-state index is 12.3. The van der Waals surface area contributed by atoms with Crippen LogP contribution in [0.2, 0.25) is 0 Å². The van der Waals surface area contributed by atoms with Crippen LogP contribution in [0.5, 0.6) is 0 Å². The van der Waals surface area contributed by atoms with Gasteiger partial charge in [0.25, 0.3) is 11.8 Å². The number of carbonyl (C=O) groups excluding carboxylic acids is 4. The summed E-state index contributed by atoms with van der Waals surface area (Å²) in [5.74, 6) is 0.815. The smallest absolute Gasteiger partial charge is 0.251 e. The van der Waals surface area contributed by atoms with Crippen molar-refractivity contribution in [2.45, 2.75) is 50.0 Å². The average molecular weight is 794 g/mol. The molecule has 4 aromatic carbocycles. The fourth-order valence-corrected chi connectivity index (χ4v) is 6.78. The van der Waals surface area contributed by atoms with Crippen LogP contribution in [0.3, 0.4) is 0 Å². The second-order valence-electron chi connectivity index (χ2n) is 13.3. The molecule has 11 heteroatoms. The van der Waals surface area contributed by atoms with Crippen molar-refractivity contribution in [2.24, 2.45) is 0 Å². The van der Waals surface area contributed by atoms with Crippen molar-refractivity contribution in [3.8, 4) is 22.8 Å². The Morgan fingerprint density at radius 1 is 0.600 bits per heavy atom. The van der Waals surface area contributed by atoms with Crippen LogP contribution in [0.15, 0.2) is 122 Å². The number of benzene rings is 4. The molecule has 274 valence electrons. The Balaban J connectivity index is 0.000000169. The summed E-state index contributed by atoms with van der Waals surface area (Å²) < 4.78 is 0. The minimum absolute atomic E-state index is 0.00168. The molecular formula is C44H37BrN6O4. The van der Waals surface area contributed by atoms with Crippen LogP contribution in [0, 0.1) is 0 Å². The van der Waals surface area contributed by atoms with Crippen molar-refractivity contribution in [2.75, 3.05) is 0 Å². The van der Waals surface area contributed by atoms with Crippen LogP contribution < -0.4 is 10.6 Å². The number of hydrogen-bond acceptors (Lipinski definition) is 8. The largest absolute Gasteiger partial charge is 0.348 e. The molecule has 2 N–H and O–H groups in total. The van der Waals surface area contributed by atoms with Crippen molar-refractivity contribution in [1.82, 2.24) is 30.6 Å². The number of rotatable bonds is 8. The summed E-state index contributed by atoms with van der Waals surface area (Å²) >= 11 is 3.41. The highest BCUT2D eigenvalue weighted by Crippen LogP contribution is 2.27. The maximum Gasteiger partial charge on any atom is 0.251 e. The van der Waals surface area contributed by atoms with Crippen LogP contribution in [-0.2, 0) is 25.9 Å². The monoisotopic (exact) mass is 792 g/mol. The molecule has 8 rings (SSSR count). The molecule has 0 aliphatic heterocycles. The minimum Gasteiger partial charge on any atom is -0.348 e. The number of carbonyl (C=O) groups is 4. The van der Waals surface area contributed by atoms with Crippen molar-refractivity contribution < 1.29 is 19.2 Å². The second kappa shape index (κ2) is 17.3. The van der Waals surface area contributed by atoms with E-state index in [-0.39, 0.29) is 28.2 Å². The molecule has 10 nitrogen and oxygen atoms in total. The first-order chi connectivity index (χ1) is 26.8. The fourth-order valence-electron chi connectivity index (χ4n) is 6.33. The zero-order chi connectivity index (χ0) is 38.1. The summed E-state index contributed by atoms with van der Waals surface area (Å²) in [4.78, 5) is 66.6. The van der Waals surface area contributed by atoms with E-state index in [1.807, 2.05) is 72.8 Å². The van der Waals surface area contributed by atoms with Crippen molar-refractivity contribution in [3.63, 3.8) is 0 Å². The van der Waals surface area contributed by atoms with Crippen molar-refractivity contribution >= 4 is 39.3 Å². The summed E-state index contributed by atoms with van der Waals surface area (Å²) in [6, 6.07) is 33.8. The molecule has 55 heavy (non-hydrogen) atoms. The third-order valence-electron chi connectivity index (χ3n) is 9.43. The van der Waals surface area contributed by atoms with E-state index in [0.29, 0.717) is 53.7 Å². The molecule has 2 aliphatic rings. The van der Waals surface area contributed by atoms with E-state index in [1.54, 1.807) is 48.8 Å². The summed E-state index contributed by atoms with van der Waals surface area (Å²) in [6.07, 6.45) is 7.29. The lowest BCUT2D eigenvalue weighted by molar-refractivity contribution is 0.0943. The van der Waals surface area contributed by atoms with Gasteiger partial charge in [-0.25, -0.2) is 19.9 Å². The fraction of sp³-hybridized carbons (Fsp3) is 0.182. The number of aryl methyl sites for hydroxylation is 2. The average Bonchev–Trinajstić information content (AvgIpc) is 3.24. The van der Waals surface area contributed by atoms with Gasteiger partial charge in [0, 0.05) is 54.2 Å². The predicted molar refractivity (Wildman–Crippen MR) is 213 cm³/mol. The van der Waals surface area contributed by atoms with Gasteiger partial charge < -0.3 is 10.6 Å². The highest BCUT2D eigenvalue weighted by molar-refractivity contribution is 9.10. The van der Waals surface area contributed by atoms with Crippen molar-refractivity contribution in [1.29, 1.82) is 0 Å². The number of aromatic nitrogens is 4. The van der Waals surface area contributed by atoms with Gasteiger partial charge in [0.2, 0.25) is 0 Å². The van der Waals surface area contributed by atoms with Gasteiger partial charge in [-0.05, 0) is 72.2 Å². The molecular weight excluding hydrogens is 756 g/mol. The van der Waals surface area contributed by atoms with Gasteiger partial charge in [0.1, 0.15) is 11.4 Å². The Hall–Kier alpha value is -6.20. The number of ketones is 2. The predicted octanol–water partition coefficient (Wildman–Crippen LogP) is 7.56. The van der Waals surface area contributed by atoms with E-state index in [4.69, 9.17) is 0 Å². The highest BCUT2D eigenvalue weighted by atomic mass is 79.9. The van der Waals surface area contributed by atoms with E-state index < -0.39 is 0 Å². The molecule has 2 aromatic heterocycles. The molecule has 1 unspecified atom stereocenters. The molecule has 0 saturated heterocycles. The second-order valence-corrected chi connectivity index (χ2v) is 14.4. The molecule has 1 atom stereocenters. The normalized spacial score (nSPS) is 14.5. The van der Waals surface area contributed by atoms with Crippen LogP contribution in [0.4, 0.5) is 0 Å². The Labute approximate surface area is 327 Å². The zero-order valence-corrected chi connectivity index (χ0v) is 31.5. The number of alkyl halides is 1. The third-order valence-corrected chi connectivity index (χ3v) is 10.3. The van der Waals surface area contributed by atoms with Crippen LogP contribution in [-0.4, -0.2) is 48.1 Å². The summed E-state index contributed by atoms with van der Waals surface area (Å²) in [7, 11) is 0. The Bertz CT molecular complexity index is 2340. The maximum atomic E-state index is 12.3. The number of nitrogens with one attached hydrogen (secondary N) is 2. The Morgan fingerprint density at radius 3 is 1.58 bits per heavy atom. The van der Waals surface area contributed by atoms with E-state index >= 15 is 0 Å². The van der Waals surface area contributed by atoms with E-state index in [0.717, 1.165) is 59.1 Å². The van der Waals surface area contributed by atoms with Gasteiger partial charge in [-0.2, -0.15) is 0 Å². The molecule has 2 heterocycles. The van der Waals surface area contributed by atoms with E-state index in [2.05, 4.69) is 46.5 Å². The molecule has 0 spiro atoms. The number of nitrogens with zero attached hydrogens (tertiary/aromatic N) is 4. The van der Waals surface area contributed by atoms with Crippen molar-refractivity contribution in [3.05, 3.63) is 166 Å². The highest BCUT2D eigenvalue weighted by Gasteiger charge is 2.27. The first-order valence-electron chi connectivity index (χ1n) is 18.1. The number of fused-ring (bicyclic) bond motifs is 2. The lowest BCUT2D eigenvalue weighted by Gasteiger charge is -2.18. The molecule has 6 aromatic rings. The quantitative estimate of drug-likeness (QED) is 0.150. The first kappa shape index (κ1) is 37.1. The van der Waals surface area contributed by atoms with Gasteiger partial charge in [-0.1, -0.05) is 101 Å². The van der Waals surface area contributed by atoms with Gasteiger partial charge in [-0.3, -0.25) is 19.2 Å². The molecule has 2 aliphatic carbocycles. The number of hydrogen-bond donors (Lipinski definition) is 2. The zero-order valence-electron chi connectivity index (χ0n) is 29.9. The molecule has 0 bridgehead atoms. The molecule has 0 saturated carbocycles. The lowest BCUT2D eigenvalue weighted by Crippen LogP contribution is -2.24. The summed E-state index contributed by atoms with van der Waals surface area (Å²) in [5, 5.41) is 5.81. The third kappa shape index (κ3) is 9.13. The first-order valence-corrected chi connectivity index (χ1v) is 19.0. The topological polar surface area (TPSA) is 144 Å². The van der Waals surface area contributed by atoms with Gasteiger partial charge in [-0.15, -0.1) is 0 Å². The number of amides is 2. The van der Waals surface area contributed by atoms with Crippen LogP contribution >= 0.6 is 15.9 Å². The van der Waals surface area contributed by atoms with E-state index in [9.17, 15) is 19.2 Å². The van der Waals surface area contributed by atoms with E-state index in [1.165, 1.54) is 0 Å². The van der Waals surface area contributed by atoms with Crippen LogP contribution in [0.25, 0.3) is 22.8 Å². The lowest BCUT2D eigenvalue weighted by atomic mass is 9.96. The SMILES string of the molecule is O=C(NCc1ccccc1)c1ccc(-c2ncc3c(n2)C(=O)C(Br)CC3)cc1.O=C(NCc1ccccc1)c1ccc(-c2ncc3c(n2)C(=O)CCC3)cc1. The molecule has 0 radical (unpaired) electrons. The van der Waals surface area contributed by atoms with Gasteiger partial charge in [0.05, 0.1) is 4.83 Å². The molecule has 2 amide bonds. The standard InChI is InChI=1S/C22H18BrN3O2.C22H19N3O2/c23-18-11-10-17-13-24-21(26-19(17)20(18)27)15-6-8-16(9-7-15)22(28)25-12-14-4-2-1-3-5-14;26-19-8-4-7-18-14-23-21(25-20(18)19)16-9-11-17(12-10-16)22(27)24-13-15-5-2-1-3-6-15/h1-9,13,18H,10-12H2,(H,25,28);1-3,5-6,9-12,14H,4,7-8,13H2,(H,24,27). The van der Waals surface area contributed by atoms with Gasteiger partial charge in [0.15, 0.2) is 23.2 Å². The summed E-state index contributed by atoms with van der Waals surface area (Å²) in [5.41, 5.74) is 7.63. The minimum atomic E-state index is -0.182. The Morgan fingerprint density at radius 2 is 1.07 bits per heavy atom. The number of Topliss-reactive ketones (excluding diaryl/α,β-unsaturated/α-hetero) is 2. The van der Waals surface area contributed by atoms with Gasteiger partial charge >= 0.3 is 0 Å². The number of halogens is 1.